The molecule has 1 aromatic rings. The molecule has 0 spiro atoms. The highest BCUT2D eigenvalue weighted by atomic mass is 31.0. The molecule has 0 nitrogen and oxygen atoms in total. The van der Waals surface area contributed by atoms with Crippen molar-refractivity contribution in [1.29, 1.82) is 0 Å². The lowest BCUT2D eigenvalue weighted by Gasteiger charge is -2.03. The maximum atomic E-state index is 2.30. The summed E-state index contributed by atoms with van der Waals surface area (Å²) >= 11 is 0. The second-order valence-electron chi connectivity index (χ2n) is 2.43. The van der Waals surface area contributed by atoms with Crippen molar-refractivity contribution >= 4 is 8.19 Å². The lowest BCUT2D eigenvalue weighted by Crippen LogP contribution is -1.83. The molecule has 1 rings (SSSR count). The van der Waals surface area contributed by atoms with Gasteiger partial charge in [-0.15, -0.1) is 8.19 Å². The maximum absolute atomic E-state index is 2.30. The van der Waals surface area contributed by atoms with Gasteiger partial charge in [0.25, 0.3) is 0 Å². The van der Waals surface area contributed by atoms with Gasteiger partial charge in [-0.1, -0.05) is 26.0 Å². The van der Waals surface area contributed by atoms with E-state index >= 15 is 0 Å². The third kappa shape index (κ3) is 1.59. The molecule has 2 unspecified atom stereocenters. The van der Waals surface area contributed by atoms with E-state index < -0.39 is 0 Å². The fourth-order valence-corrected chi connectivity index (χ4v) is 1.94. The third-order valence-corrected chi connectivity index (χ3v) is 3.12. The van der Waals surface area contributed by atoms with Crippen LogP contribution in [-0.4, -0.2) is 0 Å². The topological polar surface area (TPSA) is 0 Å². The first kappa shape index (κ1) is 6.89. The summed E-state index contributed by atoms with van der Waals surface area (Å²) in [5.41, 5.74) is 0. The highest BCUT2D eigenvalue weighted by Crippen LogP contribution is 2.26. The van der Waals surface area contributed by atoms with E-state index in [9.17, 15) is 0 Å². The zero-order valence-electron chi connectivity index (χ0n) is 6.02. The van der Waals surface area contributed by atoms with Gasteiger partial charge in [-0.05, 0) is 23.4 Å². The molecule has 0 aliphatic carbocycles. The van der Waals surface area contributed by atoms with Crippen molar-refractivity contribution in [3.8, 4) is 0 Å². The predicted octanol–water partition coefficient (Wildman–Crippen LogP) is 3.23. The Morgan fingerprint density at radius 1 is 1.67 bits per heavy atom. The fourth-order valence-electron chi connectivity index (χ4n) is 0.871. The van der Waals surface area contributed by atoms with Crippen molar-refractivity contribution in [2.45, 2.75) is 26.2 Å². The summed E-state index contributed by atoms with van der Waals surface area (Å²) in [7, 11) is 0.967. The Bertz CT molecular complexity index is 153. The Morgan fingerprint density at radius 3 is 2.89 bits per heavy atom. The fraction of sp³-hybridized carbons (Fsp3) is 0.500. The molecule has 0 saturated heterocycles. The van der Waals surface area contributed by atoms with Gasteiger partial charge in [-0.25, -0.2) is 0 Å². The first-order valence-corrected chi connectivity index (χ1v) is 4.55. The van der Waals surface area contributed by atoms with Gasteiger partial charge in [0.15, 0.2) is 0 Å². The molecular weight excluding hydrogens is 127 g/mol. The van der Waals surface area contributed by atoms with Crippen molar-refractivity contribution < 1.29 is 0 Å². The van der Waals surface area contributed by atoms with Gasteiger partial charge >= 0.3 is 0 Å². The van der Waals surface area contributed by atoms with Gasteiger partial charge in [0.1, 0.15) is 0 Å². The summed E-state index contributed by atoms with van der Waals surface area (Å²) in [5, 5.41) is 1.62. The number of rotatable bonds is 2. The average Bonchev–Trinajstić information content (AvgIpc) is 2.37. The van der Waals surface area contributed by atoms with Crippen LogP contribution in [0.1, 0.15) is 31.5 Å². The predicted molar refractivity (Wildman–Crippen MR) is 44.6 cm³/mol. The molecule has 0 fully saturated rings. The van der Waals surface area contributed by atoms with Gasteiger partial charge in [0, 0.05) is 0 Å². The number of hydrogen-bond acceptors (Lipinski definition) is 0. The van der Waals surface area contributed by atoms with E-state index in [1.165, 1.54) is 6.42 Å². The molecule has 0 N–H and O–H groups in total. The minimum absolute atomic E-state index is 0.804. The van der Waals surface area contributed by atoms with E-state index in [1.54, 1.807) is 5.30 Å². The van der Waals surface area contributed by atoms with Crippen LogP contribution in [0.4, 0.5) is 0 Å². The van der Waals surface area contributed by atoms with Gasteiger partial charge in [0.2, 0.25) is 0 Å². The van der Waals surface area contributed by atoms with Gasteiger partial charge in [-0.3, -0.25) is 0 Å². The normalized spacial score (nSPS) is 14.4. The summed E-state index contributed by atoms with van der Waals surface area (Å²) in [4.78, 5) is 0. The first-order valence-electron chi connectivity index (χ1n) is 3.48. The van der Waals surface area contributed by atoms with Crippen LogP contribution >= 0.6 is 8.19 Å². The van der Waals surface area contributed by atoms with E-state index in [0.29, 0.717) is 0 Å². The monoisotopic (exact) mass is 140 g/mol. The molecule has 0 aliphatic heterocycles. The molecule has 1 heteroatoms. The zero-order chi connectivity index (χ0) is 6.69. The van der Waals surface area contributed by atoms with Crippen LogP contribution in [0.25, 0.3) is 0 Å². The van der Waals surface area contributed by atoms with Crippen molar-refractivity contribution in [3.05, 3.63) is 23.2 Å². The second-order valence-corrected chi connectivity index (χ2v) is 3.63. The maximum Gasteiger partial charge on any atom is -0.0158 e. The molecule has 9 heavy (non-hydrogen) atoms. The van der Waals surface area contributed by atoms with E-state index in [4.69, 9.17) is 0 Å². The minimum Gasteiger partial charge on any atom is -0.136 e. The molecule has 0 aliphatic rings. The van der Waals surface area contributed by atoms with Crippen LogP contribution in [0.5, 0.6) is 0 Å². The van der Waals surface area contributed by atoms with Gasteiger partial charge in [0.05, 0.1) is 0 Å². The highest BCUT2D eigenvalue weighted by Gasteiger charge is 1.99. The standard InChI is InChI=1S/C8H13P/c1-3-7(2)8-5-4-6-9-8/h4-7,9H,3H2,1-2H3. The molecule has 0 amide bonds. The van der Waals surface area contributed by atoms with Gasteiger partial charge < -0.3 is 0 Å². The van der Waals surface area contributed by atoms with E-state index in [2.05, 4.69) is 31.8 Å². The molecule has 0 radical (unpaired) electrons. The molecule has 1 heterocycles. The van der Waals surface area contributed by atoms with Crippen LogP contribution in [0.2, 0.25) is 0 Å². The molecule has 0 aromatic carbocycles. The van der Waals surface area contributed by atoms with E-state index in [0.717, 1.165) is 14.1 Å². The largest absolute Gasteiger partial charge is 0.136 e. The molecule has 0 saturated carbocycles. The molecular formula is C8H13P. The molecule has 0 bridgehead atoms. The van der Waals surface area contributed by atoms with E-state index in [1.807, 2.05) is 0 Å². The Balaban J connectivity index is 2.65. The average molecular weight is 140 g/mol. The summed E-state index contributed by atoms with van der Waals surface area (Å²) in [6, 6.07) is 4.42. The summed E-state index contributed by atoms with van der Waals surface area (Å²) < 4.78 is 0. The van der Waals surface area contributed by atoms with Gasteiger partial charge in [-0.2, -0.15) is 0 Å². The Labute approximate surface area is 58.4 Å². The summed E-state index contributed by atoms with van der Waals surface area (Å²) in [6.45, 7) is 4.54. The minimum atomic E-state index is 0.804. The Morgan fingerprint density at radius 2 is 2.44 bits per heavy atom. The Hall–Kier alpha value is -0.220. The first-order chi connectivity index (χ1) is 4.34. The van der Waals surface area contributed by atoms with Crippen molar-refractivity contribution in [1.82, 2.24) is 0 Å². The van der Waals surface area contributed by atoms with Crippen molar-refractivity contribution in [2.24, 2.45) is 0 Å². The second kappa shape index (κ2) is 3.08. The smallest absolute Gasteiger partial charge is 0.0158 e. The quantitative estimate of drug-likeness (QED) is 0.591. The summed E-state index contributed by atoms with van der Waals surface area (Å²) in [5.74, 6) is 3.06. The highest BCUT2D eigenvalue weighted by molar-refractivity contribution is 7.30. The van der Waals surface area contributed by atoms with Crippen LogP contribution < -0.4 is 0 Å². The van der Waals surface area contributed by atoms with Crippen molar-refractivity contribution in [3.63, 3.8) is 0 Å². The lowest BCUT2D eigenvalue weighted by molar-refractivity contribution is 0.748. The third-order valence-electron chi connectivity index (χ3n) is 1.77. The lowest BCUT2D eigenvalue weighted by atomic mass is 10.1. The van der Waals surface area contributed by atoms with Crippen molar-refractivity contribution in [2.75, 3.05) is 0 Å². The van der Waals surface area contributed by atoms with Crippen LogP contribution in [0, 0.1) is 0 Å². The van der Waals surface area contributed by atoms with Crippen LogP contribution in [-0.2, 0) is 0 Å². The number of hydrogen-bond donors (Lipinski definition) is 0. The van der Waals surface area contributed by atoms with E-state index in [-0.39, 0.29) is 0 Å². The van der Waals surface area contributed by atoms with Crippen LogP contribution in [0.15, 0.2) is 17.9 Å². The SMILES string of the molecule is CCC(C)c1ccc[pH]1. The van der Waals surface area contributed by atoms with Crippen LogP contribution in [0.3, 0.4) is 0 Å². The molecule has 2 atom stereocenters. The summed E-state index contributed by atoms with van der Waals surface area (Å²) in [6.07, 6.45) is 1.28. The molecule has 50 valence electrons. The zero-order valence-corrected chi connectivity index (χ0v) is 7.02. The Kier molecular flexibility index (Phi) is 2.36. The molecule has 1 aromatic heterocycles.